The minimum Gasteiger partial charge on any atom is -0.426 e. The van der Waals surface area contributed by atoms with Crippen molar-refractivity contribution >= 4 is 39.9 Å². The minimum atomic E-state index is -1.18. The van der Waals surface area contributed by atoms with E-state index in [-0.39, 0.29) is 34.0 Å². The van der Waals surface area contributed by atoms with Gasteiger partial charge in [-0.1, -0.05) is 12.6 Å². The van der Waals surface area contributed by atoms with Crippen LogP contribution in [0.25, 0.3) is 33.4 Å². The van der Waals surface area contributed by atoms with Crippen molar-refractivity contribution in [3.8, 4) is 11.1 Å². The zero-order valence-corrected chi connectivity index (χ0v) is 25.9. The van der Waals surface area contributed by atoms with Crippen LogP contribution >= 0.6 is 0 Å². The Hall–Kier alpha value is -5.04. The molecular formula is C33H34F2N6O5. The zero-order chi connectivity index (χ0) is 32.9. The number of hydrogen-bond donors (Lipinski definition) is 2. The Balaban J connectivity index is 1.52. The second-order valence-corrected chi connectivity index (χ2v) is 11.7. The van der Waals surface area contributed by atoms with Crippen molar-refractivity contribution in [3.63, 3.8) is 0 Å². The Bertz CT molecular complexity index is 1980. The van der Waals surface area contributed by atoms with Gasteiger partial charge in [-0.3, -0.25) is 14.0 Å². The Morgan fingerprint density at radius 1 is 1.22 bits per heavy atom. The van der Waals surface area contributed by atoms with Crippen LogP contribution in [0.5, 0.6) is 0 Å². The Kier molecular flexibility index (Phi) is 8.11. The van der Waals surface area contributed by atoms with Crippen LogP contribution in [0.4, 0.5) is 14.5 Å². The van der Waals surface area contributed by atoms with E-state index in [2.05, 4.69) is 38.7 Å². The second-order valence-electron chi connectivity index (χ2n) is 11.7. The van der Waals surface area contributed by atoms with E-state index in [0.29, 0.717) is 34.8 Å². The first kappa shape index (κ1) is 31.0. The number of ether oxygens (including phenoxy) is 2. The van der Waals surface area contributed by atoms with E-state index in [1.165, 1.54) is 24.3 Å². The van der Waals surface area contributed by atoms with Gasteiger partial charge in [0.1, 0.15) is 22.7 Å². The van der Waals surface area contributed by atoms with Gasteiger partial charge in [-0.25, -0.2) is 18.6 Å². The quantitative estimate of drug-likeness (QED) is 0.167. The SMILES string of the molecule is C=C(F)/C=C(/NC)c1[nH]c2ncc(-c3ccc4ccc(C(=O)OC(C)OC(C)=O)c(=O)n4c3)c(N3CC[C@H]4CN(C)C[C@H]43)c2c1F. The number of carbonyl (C=O) groups is 2. The lowest BCUT2D eigenvalue weighted by molar-refractivity contribution is -0.162. The van der Waals surface area contributed by atoms with Crippen LogP contribution in [0.15, 0.2) is 59.9 Å². The molecule has 1 unspecified atom stereocenters. The maximum Gasteiger partial charge on any atom is 0.346 e. The van der Waals surface area contributed by atoms with Crippen molar-refractivity contribution in [1.29, 1.82) is 0 Å². The van der Waals surface area contributed by atoms with Gasteiger partial charge in [0.15, 0.2) is 5.82 Å². The normalized spacial score (nSPS) is 19.0. The number of pyridine rings is 3. The van der Waals surface area contributed by atoms with Gasteiger partial charge in [0.05, 0.1) is 16.8 Å². The average molecular weight is 633 g/mol. The number of likely N-dealkylation sites (tertiary alicyclic amines) is 1. The van der Waals surface area contributed by atoms with Crippen LogP contribution < -0.4 is 15.8 Å². The molecule has 13 heteroatoms. The molecule has 3 atom stereocenters. The number of halogens is 2. The van der Waals surface area contributed by atoms with Crippen LogP contribution in [0.2, 0.25) is 0 Å². The highest BCUT2D eigenvalue weighted by atomic mass is 19.1. The summed E-state index contributed by atoms with van der Waals surface area (Å²) in [7, 11) is 3.63. The summed E-state index contributed by atoms with van der Waals surface area (Å²) in [6, 6.07) is 6.62. The molecule has 0 aromatic carbocycles. The summed E-state index contributed by atoms with van der Waals surface area (Å²) in [6.07, 6.45) is 4.07. The molecule has 6 rings (SSSR count). The molecule has 46 heavy (non-hydrogen) atoms. The molecule has 4 aromatic heterocycles. The lowest BCUT2D eigenvalue weighted by Crippen LogP contribution is -2.35. The molecule has 4 aromatic rings. The average Bonchev–Trinajstić information content (AvgIpc) is 3.66. The number of H-pyrrole nitrogens is 1. The molecule has 11 nitrogen and oxygen atoms in total. The maximum atomic E-state index is 16.5. The Labute approximate surface area is 263 Å². The number of nitrogens with zero attached hydrogens (tertiary/aromatic N) is 4. The number of allylic oxidation sites excluding steroid dienone is 2. The van der Waals surface area contributed by atoms with Crippen molar-refractivity contribution in [3.05, 3.63) is 82.6 Å². The smallest absolute Gasteiger partial charge is 0.346 e. The number of anilines is 1. The largest absolute Gasteiger partial charge is 0.426 e. The summed E-state index contributed by atoms with van der Waals surface area (Å²) in [5, 5.41) is 3.08. The lowest BCUT2D eigenvalue weighted by atomic mass is 10.0. The van der Waals surface area contributed by atoms with Crippen molar-refractivity contribution < 1.29 is 27.8 Å². The maximum absolute atomic E-state index is 16.5. The topological polar surface area (TPSA) is 121 Å². The number of likely N-dealkylation sites (N-methyl/N-ethyl adjacent to an activating group) is 1. The van der Waals surface area contributed by atoms with Crippen LogP contribution in [0, 0.1) is 11.7 Å². The summed E-state index contributed by atoms with van der Waals surface area (Å²) < 4.78 is 41.6. The third-order valence-electron chi connectivity index (χ3n) is 8.58. The van der Waals surface area contributed by atoms with Crippen molar-refractivity contribution in [1.82, 2.24) is 24.6 Å². The van der Waals surface area contributed by atoms with E-state index in [4.69, 9.17) is 9.47 Å². The summed E-state index contributed by atoms with van der Waals surface area (Å²) in [5.74, 6) is -2.51. The molecular weight excluding hydrogens is 598 g/mol. The van der Waals surface area contributed by atoms with Gasteiger partial charge in [-0.2, -0.15) is 0 Å². The molecule has 2 fully saturated rings. The van der Waals surface area contributed by atoms with E-state index in [1.807, 2.05) is 6.07 Å². The summed E-state index contributed by atoms with van der Waals surface area (Å²) in [6.45, 7) is 8.25. The van der Waals surface area contributed by atoms with E-state index in [1.54, 1.807) is 31.6 Å². The lowest BCUT2D eigenvalue weighted by Gasteiger charge is -2.29. The molecule has 2 saturated heterocycles. The molecule has 0 amide bonds. The first-order chi connectivity index (χ1) is 22.0. The predicted molar refractivity (Wildman–Crippen MR) is 169 cm³/mol. The van der Waals surface area contributed by atoms with Crippen LogP contribution in [-0.4, -0.2) is 77.3 Å². The van der Waals surface area contributed by atoms with Crippen molar-refractivity contribution in [2.75, 3.05) is 38.6 Å². The van der Waals surface area contributed by atoms with Gasteiger partial charge < -0.3 is 29.6 Å². The number of rotatable bonds is 8. The zero-order valence-electron chi connectivity index (χ0n) is 25.9. The highest BCUT2D eigenvalue weighted by molar-refractivity contribution is 6.01. The van der Waals surface area contributed by atoms with E-state index in [9.17, 15) is 18.8 Å². The molecule has 0 saturated carbocycles. The number of aromatic nitrogens is 3. The van der Waals surface area contributed by atoms with Crippen LogP contribution in [-0.2, 0) is 14.3 Å². The summed E-state index contributed by atoms with van der Waals surface area (Å²) >= 11 is 0. The molecule has 0 radical (unpaired) electrons. The molecule has 2 aliphatic heterocycles. The van der Waals surface area contributed by atoms with Crippen molar-refractivity contribution in [2.45, 2.75) is 32.6 Å². The first-order valence-electron chi connectivity index (χ1n) is 14.9. The van der Waals surface area contributed by atoms with Gasteiger partial charge in [-0.05, 0) is 43.7 Å². The standard InChI is InChI=1S/C33H34F2N6O5/c1-17(34)12-25(36-4)29-28(35)27-30(40-11-10-21-14-39(5)16-26(21)40)24(13-37-31(27)38-29)20-6-7-22-8-9-23(32(43)41(22)15-20)33(44)46-19(3)45-18(2)42/h6-9,12-13,15,19,21,26,36H,1,10-11,14,16H2,2-5H3,(H,37,38)/b25-12+/t19?,21-,26+/m0/s1. The minimum absolute atomic E-state index is 0.0438. The van der Waals surface area contributed by atoms with E-state index < -0.39 is 35.4 Å². The molecule has 2 N–H and O–H groups in total. The number of esters is 2. The molecule has 0 aliphatic carbocycles. The van der Waals surface area contributed by atoms with Crippen LogP contribution in [0.1, 0.15) is 36.3 Å². The summed E-state index contributed by atoms with van der Waals surface area (Å²) in [5.41, 5.74) is 1.89. The van der Waals surface area contributed by atoms with Crippen LogP contribution in [0.3, 0.4) is 0 Å². The monoisotopic (exact) mass is 632 g/mol. The molecule has 0 bridgehead atoms. The number of carbonyl (C=O) groups excluding carboxylic acids is 2. The predicted octanol–water partition coefficient (Wildman–Crippen LogP) is 4.23. The summed E-state index contributed by atoms with van der Waals surface area (Å²) in [4.78, 5) is 49.7. The van der Waals surface area contributed by atoms with E-state index in [0.717, 1.165) is 25.6 Å². The third kappa shape index (κ3) is 5.51. The van der Waals surface area contributed by atoms with Crippen molar-refractivity contribution in [2.24, 2.45) is 5.92 Å². The van der Waals surface area contributed by atoms with Gasteiger partial charge in [0, 0.05) is 75.6 Å². The molecule has 2 aliphatic rings. The highest BCUT2D eigenvalue weighted by Crippen LogP contribution is 2.44. The Morgan fingerprint density at radius 2 is 1.98 bits per heavy atom. The van der Waals surface area contributed by atoms with Gasteiger partial charge in [-0.15, -0.1) is 0 Å². The van der Waals surface area contributed by atoms with E-state index >= 15 is 4.39 Å². The molecule has 240 valence electrons. The Morgan fingerprint density at radius 3 is 2.70 bits per heavy atom. The molecule has 0 spiro atoms. The van der Waals surface area contributed by atoms with Gasteiger partial charge >= 0.3 is 11.9 Å². The second kappa shape index (κ2) is 12.0. The number of aromatic amines is 1. The third-order valence-corrected chi connectivity index (χ3v) is 8.58. The number of fused-ring (bicyclic) bond motifs is 3. The fourth-order valence-corrected chi connectivity index (χ4v) is 6.65. The molecule has 6 heterocycles. The number of nitrogens with one attached hydrogen (secondary N) is 2. The fraction of sp³-hybridized carbons (Fsp3) is 0.333. The van der Waals surface area contributed by atoms with Gasteiger partial charge in [0.25, 0.3) is 5.56 Å². The fourth-order valence-electron chi connectivity index (χ4n) is 6.65. The first-order valence-corrected chi connectivity index (χ1v) is 14.9. The number of hydrogen-bond acceptors (Lipinski definition) is 9. The highest BCUT2D eigenvalue weighted by Gasteiger charge is 2.42. The van der Waals surface area contributed by atoms with Gasteiger partial charge in [0.2, 0.25) is 6.29 Å².